The van der Waals surface area contributed by atoms with Crippen molar-refractivity contribution in [1.29, 1.82) is 0 Å². The van der Waals surface area contributed by atoms with E-state index >= 15 is 0 Å². The molecule has 0 bridgehead atoms. The van der Waals surface area contributed by atoms with Crippen LogP contribution in [0.25, 0.3) is 0 Å². The fraction of sp³-hybridized carbons (Fsp3) is 0.769. The van der Waals surface area contributed by atoms with Gasteiger partial charge in [0.1, 0.15) is 0 Å². The third-order valence-electron chi connectivity index (χ3n) is 3.60. The number of aromatic amines is 1. The van der Waals surface area contributed by atoms with Crippen molar-refractivity contribution in [3.8, 4) is 0 Å². The number of aromatic nitrogens is 2. The number of piperidine rings is 1. The first kappa shape index (κ1) is 13.5. The van der Waals surface area contributed by atoms with Gasteiger partial charge in [-0.1, -0.05) is 6.92 Å². The van der Waals surface area contributed by atoms with Crippen LogP contribution in [-0.2, 0) is 6.54 Å². The van der Waals surface area contributed by atoms with Crippen LogP contribution in [-0.4, -0.2) is 52.5 Å². The zero-order chi connectivity index (χ0) is 12.8. The van der Waals surface area contributed by atoms with Crippen molar-refractivity contribution in [2.45, 2.75) is 32.4 Å². The van der Waals surface area contributed by atoms with Crippen LogP contribution < -0.4 is 5.32 Å². The minimum Gasteiger partial charge on any atom is -0.390 e. The summed E-state index contributed by atoms with van der Waals surface area (Å²) in [4.78, 5) is 2.36. The van der Waals surface area contributed by atoms with Crippen LogP contribution in [0.1, 0.15) is 25.5 Å². The van der Waals surface area contributed by atoms with E-state index in [1.54, 1.807) is 6.20 Å². The lowest BCUT2D eigenvalue weighted by Crippen LogP contribution is -2.41. The molecule has 1 atom stereocenters. The van der Waals surface area contributed by atoms with Gasteiger partial charge in [0, 0.05) is 31.5 Å². The number of H-pyrrole nitrogens is 1. The second kappa shape index (κ2) is 6.87. The molecule has 0 saturated carbocycles. The Balaban J connectivity index is 1.58. The molecule has 102 valence electrons. The Labute approximate surface area is 109 Å². The van der Waals surface area contributed by atoms with E-state index in [1.165, 1.54) is 12.8 Å². The zero-order valence-corrected chi connectivity index (χ0v) is 11.1. The first-order valence-corrected chi connectivity index (χ1v) is 6.83. The van der Waals surface area contributed by atoms with Crippen LogP contribution >= 0.6 is 0 Å². The van der Waals surface area contributed by atoms with Crippen molar-refractivity contribution >= 4 is 0 Å². The van der Waals surface area contributed by atoms with Gasteiger partial charge in [-0.15, -0.1) is 0 Å². The molecule has 0 amide bonds. The molecule has 0 aliphatic carbocycles. The van der Waals surface area contributed by atoms with E-state index in [1.807, 2.05) is 6.07 Å². The number of nitrogens with one attached hydrogen (secondary N) is 2. The maximum absolute atomic E-state index is 9.97. The quantitative estimate of drug-likeness (QED) is 0.693. The van der Waals surface area contributed by atoms with E-state index in [0.29, 0.717) is 6.54 Å². The van der Waals surface area contributed by atoms with Gasteiger partial charge in [0.15, 0.2) is 0 Å². The van der Waals surface area contributed by atoms with Gasteiger partial charge in [-0.3, -0.25) is 5.10 Å². The normalized spacial score (nSPS) is 20.1. The van der Waals surface area contributed by atoms with Crippen LogP contribution in [0.4, 0.5) is 0 Å². The lowest BCUT2D eigenvalue weighted by molar-refractivity contribution is 0.0906. The van der Waals surface area contributed by atoms with E-state index < -0.39 is 0 Å². The molecule has 18 heavy (non-hydrogen) atoms. The maximum atomic E-state index is 9.97. The summed E-state index contributed by atoms with van der Waals surface area (Å²) >= 11 is 0. The highest BCUT2D eigenvalue weighted by Crippen LogP contribution is 2.15. The molecule has 2 rings (SSSR count). The monoisotopic (exact) mass is 252 g/mol. The Hall–Kier alpha value is -0.910. The number of hydrogen-bond donors (Lipinski definition) is 3. The third-order valence-corrected chi connectivity index (χ3v) is 3.60. The molecule has 0 spiro atoms. The highest BCUT2D eigenvalue weighted by atomic mass is 16.3. The number of likely N-dealkylation sites (tertiary alicyclic amines) is 1. The predicted octanol–water partition coefficient (Wildman–Crippen LogP) is 0.592. The molecule has 1 aliphatic rings. The summed E-state index contributed by atoms with van der Waals surface area (Å²) in [5, 5.41) is 20.0. The molecular weight excluding hydrogens is 228 g/mol. The summed E-state index contributed by atoms with van der Waals surface area (Å²) in [7, 11) is 0. The second-order valence-electron chi connectivity index (χ2n) is 5.35. The highest BCUT2D eigenvalue weighted by Gasteiger charge is 2.17. The molecule has 1 aromatic heterocycles. The van der Waals surface area contributed by atoms with Crippen LogP contribution in [0.3, 0.4) is 0 Å². The first-order valence-electron chi connectivity index (χ1n) is 6.83. The maximum Gasteiger partial charge on any atom is 0.0791 e. The lowest BCUT2D eigenvalue weighted by Gasteiger charge is -2.31. The Morgan fingerprint density at radius 1 is 1.56 bits per heavy atom. The summed E-state index contributed by atoms with van der Waals surface area (Å²) in [6, 6.07) is 1.94. The van der Waals surface area contributed by atoms with E-state index in [2.05, 4.69) is 27.3 Å². The zero-order valence-electron chi connectivity index (χ0n) is 11.1. The van der Waals surface area contributed by atoms with Gasteiger partial charge >= 0.3 is 0 Å². The van der Waals surface area contributed by atoms with Crippen molar-refractivity contribution < 1.29 is 5.11 Å². The molecule has 0 aromatic carbocycles. The van der Waals surface area contributed by atoms with Crippen molar-refractivity contribution in [3.05, 3.63) is 18.0 Å². The standard InChI is InChI=1S/C13H24N4O/c1-11-3-6-17(7-4-11)10-13(18)9-14-8-12-2-5-15-16-12/h2,5,11,13-14,18H,3-4,6-10H2,1H3,(H,15,16). The number of aliphatic hydroxyl groups excluding tert-OH is 1. The van der Waals surface area contributed by atoms with Gasteiger partial charge in [0.2, 0.25) is 0 Å². The van der Waals surface area contributed by atoms with Crippen molar-refractivity contribution in [1.82, 2.24) is 20.4 Å². The third kappa shape index (κ3) is 4.40. The summed E-state index contributed by atoms with van der Waals surface area (Å²) in [5.41, 5.74) is 1.05. The number of aliphatic hydroxyl groups is 1. The molecule has 2 heterocycles. The summed E-state index contributed by atoms with van der Waals surface area (Å²) in [6.07, 6.45) is 3.96. The largest absolute Gasteiger partial charge is 0.390 e. The average molecular weight is 252 g/mol. The topological polar surface area (TPSA) is 64.2 Å². The summed E-state index contributed by atoms with van der Waals surface area (Å²) in [5.74, 6) is 0.844. The van der Waals surface area contributed by atoms with Crippen molar-refractivity contribution in [3.63, 3.8) is 0 Å². The Morgan fingerprint density at radius 2 is 2.33 bits per heavy atom. The molecule has 3 N–H and O–H groups in total. The fourth-order valence-electron chi connectivity index (χ4n) is 2.36. The highest BCUT2D eigenvalue weighted by molar-refractivity contribution is 4.96. The number of β-amino-alcohol motifs (C(OH)–C–C–N with tert-alkyl or cyclic N) is 1. The Morgan fingerprint density at radius 3 is 3.00 bits per heavy atom. The van der Waals surface area contributed by atoms with Gasteiger partial charge in [-0.05, 0) is 37.9 Å². The first-order chi connectivity index (χ1) is 8.74. The fourth-order valence-corrected chi connectivity index (χ4v) is 2.36. The number of rotatable bonds is 6. The Bertz CT molecular complexity index is 320. The van der Waals surface area contributed by atoms with Gasteiger partial charge in [-0.2, -0.15) is 5.10 Å². The Kier molecular flexibility index (Phi) is 5.16. The minimum atomic E-state index is -0.290. The van der Waals surface area contributed by atoms with Crippen LogP contribution in [0.15, 0.2) is 12.3 Å². The lowest BCUT2D eigenvalue weighted by atomic mass is 9.99. The van der Waals surface area contributed by atoms with Gasteiger partial charge in [0.05, 0.1) is 6.10 Å². The van der Waals surface area contributed by atoms with E-state index in [-0.39, 0.29) is 6.10 Å². The SMILES string of the molecule is CC1CCN(CC(O)CNCc2ccn[nH]2)CC1. The summed E-state index contributed by atoms with van der Waals surface area (Å²) < 4.78 is 0. The molecule has 0 radical (unpaired) electrons. The van der Waals surface area contributed by atoms with E-state index in [4.69, 9.17) is 0 Å². The van der Waals surface area contributed by atoms with E-state index in [0.717, 1.165) is 37.8 Å². The van der Waals surface area contributed by atoms with Crippen molar-refractivity contribution in [2.24, 2.45) is 5.92 Å². The molecule has 1 unspecified atom stereocenters. The average Bonchev–Trinajstić information content (AvgIpc) is 2.85. The molecular formula is C13H24N4O. The molecule has 1 fully saturated rings. The molecule has 5 heteroatoms. The molecule has 1 aromatic rings. The summed E-state index contributed by atoms with van der Waals surface area (Å²) in [6.45, 7) is 6.69. The van der Waals surface area contributed by atoms with Crippen LogP contribution in [0, 0.1) is 5.92 Å². The number of hydrogen-bond acceptors (Lipinski definition) is 4. The van der Waals surface area contributed by atoms with Crippen molar-refractivity contribution in [2.75, 3.05) is 26.2 Å². The van der Waals surface area contributed by atoms with E-state index in [9.17, 15) is 5.11 Å². The van der Waals surface area contributed by atoms with Gasteiger partial charge in [-0.25, -0.2) is 0 Å². The minimum absolute atomic E-state index is 0.290. The predicted molar refractivity (Wildman–Crippen MR) is 71.1 cm³/mol. The number of nitrogens with zero attached hydrogens (tertiary/aromatic N) is 2. The molecule has 1 aliphatic heterocycles. The van der Waals surface area contributed by atoms with Crippen LogP contribution in [0.2, 0.25) is 0 Å². The molecule has 1 saturated heterocycles. The smallest absolute Gasteiger partial charge is 0.0791 e. The van der Waals surface area contributed by atoms with Gasteiger partial charge < -0.3 is 15.3 Å². The van der Waals surface area contributed by atoms with Crippen LogP contribution in [0.5, 0.6) is 0 Å². The molecule has 5 nitrogen and oxygen atoms in total. The second-order valence-corrected chi connectivity index (χ2v) is 5.35. The van der Waals surface area contributed by atoms with Gasteiger partial charge in [0.25, 0.3) is 0 Å².